The Bertz CT molecular complexity index is 727. The van der Waals surface area contributed by atoms with Crippen molar-refractivity contribution in [3.63, 3.8) is 0 Å². The Morgan fingerprint density at radius 3 is 2.19 bits per heavy atom. The van der Waals surface area contributed by atoms with Gasteiger partial charge in [0.05, 0.1) is 17.7 Å². The van der Waals surface area contributed by atoms with Gasteiger partial charge in [-0.1, -0.05) is 19.9 Å². The van der Waals surface area contributed by atoms with Crippen molar-refractivity contribution < 1.29 is 22.3 Å². The second-order valence-electron chi connectivity index (χ2n) is 5.52. The molecule has 0 atom stereocenters. The van der Waals surface area contributed by atoms with Gasteiger partial charge in [-0.25, -0.2) is 12.8 Å². The summed E-state index contributed by atoms with van der Waals surface area (Å²) < 4.78 is 41.4. The lowest BCUT2D eigenvalue weighted by molar-refractivity contribution is -0.137. The van der Waals surface area contributed by atoms with Gasteiger partial charge in [-0.15, -0.1) is 0 Å². The number of sulfone groups is 1. The summed E-state index contributed by atoms with van der Waals surface area (Å²) >= 11 is 0. The molecule has 5 nitrogen and oxygen atoms in total. The molecule has 148 valence electrons. The molecule has 0 spiro atoms. The van der Waals surface area contributed by atoms with E-state index in [1.54, 1.807) is 7.05 Å². The van der Waals surface area contributed by atoms with Gasteiger partial charge < -0.3 is 10.1 Å². The predicted octanol–water partition coefficient (Wildman–Crippen LogP) is 4.43. The molecule has 1 aromatic carbocycles. The molecule has 0 aromatic heterocycles. The molecule has 2 rings (SSSR count). The maximum atomic E-state index is 13.7. The van der Waals surface area contributed by atoms with Crippen molar-refractivity contribution in [2.24, 2.45) is 0 Å². The number of anilines is 1. The topological polar surface area (TPSA) is 72.5 Å². The molecule has 0 radical (unpaired) electrons. The molecule has 0 fully saturated rings. The van der Waals surface area contributed by atoms with E-state index in [2.05, 4.69) is 16.1 Å². The maximum Gasteiger partial charge on any atom is 0.302 e. The first-order valence-corrected chi connectivity index (χ1v) is 10.5. The van der Waals surface area contributed by atoms with E-state index in [0.29, 0.717) is 11.3 Å². The number of hydrogen-bond donors (Lipinski definition) is 1. The molecule has 1 aliphatic carbocycles. The van der Waals surface area contributed by atoms with Crippen LogP contribution in [0.2, 0.25) is 0 Å². The summed E-state index contributed by atoms with van der Waals surface area (Å²) in [5.41, 5.74) is 2.19. The lowest BCUT2D eigenvalue weighted by Gasteiger charge is -2.19. The lowest BCUT2D eigenvalue weighted by Crippen LogP contribution is -2.07. The Balaban J connectivity index is 0.000000772. The molecule has 0 saturated carbocycles. The first-order chi connectivity index (χ1) is 12.2. The monoisotopic (exact) mass is 387 g/mol. The van der Waals surface area contributed by atoms with Gasteiger partial charge in [-0.05, 0) is 43.4 Å². The Labute approximate surface area is 156 Å². The predicted molar refractivity (Wildman–Crippen MR) is 105 cm³/mol. The number of halogens is 1. The van der Waals surface area contributed by atoms with Gasteiger partial charge in [0, 0.05) is 25.8 Å². The molecule has 1 aliphatic rings. The summed E-state index contributed by atoms with van der Waals surface area (Å²) in [6.45, 7) is 5.36. The minimum Gasteiger partial charge on any atom is -0.469 e. The minimum atomic E-state index is -3.46. The lowest BCUT2D eigenvalue weighted by atomic mass is 9.92. The molecule has 0 unspecified atom stereocenters. The summed E-state index contributed by atoms with van der Waals surface area (Å²) in [6, 6.07) is 2.49. The zero-order valence-corrected chi connectivity index (χ0v) is 17.3. The number of rotatable bonds is 3. The van der Waals surface area contributed by atoms with Crippen LogP contribution in [-0.2, 0) is 19.4 Å². The van der Waals surface area contributed by atoms with Crippen LogP contribution in [0, 0.1) is 5.82 Å². The number of carbonyl (C=O) groups excluding carboxylic acids is 1. The van der Waals surface area contributed by atoms with Gasteiger partial charge in [0.25, 0.3) is 0 Å². The third-order valence-corrected chi connectivity index (χ3v) is 4.76. The zero-order chi connectivity index (χ0) is 20.3. The number of ether oxygens (including phenoxy) is 1. The summed E-state index contributed by atoms with van der Waals surface area (Å²) in [7, 11) is -0.448. The van der Waals surface area contributed by atoms with Crippen LogP contribution in [0.1, 0.15) is 52.0 Å². The highest BCUT2D eigenvalue weighted by molar-refractivity contribution is 7.90. The van der Waals surface area contributed by atoms with Crippen LogP contribution >= 0.6 is 0 Å². The first-order valence-electron chi connectivity index (χ1n) is 8.66. The number of allylic oxidation sites excluding steroid dienone is 2. The average molecular weight is 388 g/mol. The Morgan fingerprint density at radius 2 is 1.81 bits per heavy atom. The van der Waals surface area contributed by atoms with Gasteiger partial charge in [0.1, 0.15) is 5.82 Å². The van der Waals surface area contributed by atoms with Crippen molar-refractivity contribution in [2.75, 3.05) is 25.7 Å². The highest BCUT2D eigenvalue weighted by Gasteiger charge is 2.20. The van der Waals surface area contributed by atoms with Gasteiger partial charge in [0.2, 0.25) is 0 Å². The summed E-state index contributed by atoms with van der Waals surface area (Å²) in [6.07, 6.45) is 7.18. The maximum absolute atomic E-state index is 13.7. The SMILES string of the molecule is CC.CNc1c(C2=CCCCC2)cc(F)cc1S(C)(=O)=O.COC(C)=O. The van der Waals surface area contributed by atoms with Crippen LogP contribution in [0.4, 0.5) is 10.1 Å². The Hall–Kier alpha value is -1.89. The first kappa shape index (κ1) is 24.1. The summed E-state index contributed by atoms with van der Waals surface area (Å²) in [4.78, 5) is 9.61. The fourth-order valence-electron chi connectivity index (χ4n) is 2.47. The van der Waals surface area contributed by atoms with Crippen molar-refractivity contribution in [2.45, 2.75) is 51.3 Å². The molecule has 0 bridgehead atoms. The number of esters is 1. The fraction of sp³-hybridized carbons (Fsp3) is 0.526. The van der Waals surface area contributed by atoms with E-state index in [1.807, 2.05) is 13.8 Å². The van der Waals surface area contributed by atoms with Crippen LogP contribution in [0.5, 0.6) is 0 Å². The van der Waals surface area contributed by atoms with Crippen LogP contribution < -0.4 is 5.32 Å². The van der Waals surface area contributed by atoms with Gasteiger partial charge >= 0.3 is 5.97 Å². The van der Waals surface area contributed by atoms with Crippen LogP contribution in [-0.4, -0.2) is 34.8 Å². The van der Waals surface area contributed by atoms with Crippen molar-refractivity contribution in [3.8, 4) is 0 Å². The Morgan fingerprint density at radius 1 is 1.23 bits per heavy atom. The molecular weight excluding hydrogens is 357 g/mol. The second kappa shape index (κ2) is 11.7. The molecule has 26 heavy (non-hydrogen) atoms. The zero-order valence-electron chi connectivity index (χ0n) is 16.5. The van der Waals surface area contributed by atoms with Crippen LogP contribution in [0.25, 0.3) is 5.57 Å². The summed E-state index contributed by atoms with van der Waals surface area (Å²) in [5, 5.41) is 2.91. The van der Waals surface area contributed by atoms with Crippen LogP contribution in [0.3, 0.4) is 0 Å². The highest BCUT2D eigenvalue weighted by atomic mass is 32.2. The summed E-state index contributed by atoms with van der Waals surface area (Å²) in [5.74, 6) is -0.758. The van der Waals surface area contributed by atoms with Gasteiger partial charge in [0.15, 0.2) is 9.84 Å². The normalized spacial score (nSPS) is 13.3. The van der Waals surface area contributed by atoms with Gasteiger partial charge in [-0.2, -0.15) is 0 Å². The van der Waals surface area contributed by atoms with E-state index in [0.717, 1.165) is 43.6 Å². The van der Waals surface area contributed by atoms with Crippen molar-refractivity contribution >= 4 is 27.1 Å². The minimum absolute atomic E-state index is 0.0245. The van der Waals surface area contributed by atoms with E-state index in [1.165, 1.54) is 20.1 Å². The largest absolute Gasteiger partial charge is 0.469 e. The smallest absolute Gasteiger partial charge is 0.302 e. The number of nitrogens with one attached hydrogen (secondary N) is 1. The quantitative estimate of drug-likeness (QED) is 0.777. The molecule has 7 heteroatoms. The molecule has 0 aliphatic heterocycles. The Kier molecular flexibility index (Phi) is 10.8. The van der Waals surface area contributed by atoms with Crippen molar-refractivity contribution in [1.82, 2.24) is 0 Å². The highest BCUT2D eigenvalue weighted by Crippen LogP contribution is 2.36. The number of carbonyl (C=O) groups is 1. The van der Waals surface area contributed by atoms with E-state index >= 15 is 0 Å². The number of hydrogen-bond acceptors (Lipinski definition) is 5. The second-order valence-corrected chi connectivity index (χ2v) is 7.50. The third kappa shape index (κ3) is 7.56. The molecule has 0 heterocycles. The van der Waals surface area contributed by atoms with E-state index < -0.39 is 15.7 Å². The van der Waals surface area contributed by atoms with Gasteiger partial charge in [-0.3, -0.25) is 4.79 Å². The van der Waals surface area contributed by atoms with Crippen molar-refractivity contribution in [1.29, 1.82) is 0 Å². The average Bonchev–Trinajstić information content (AvgIpc) is 2.63. The molecule has 0 amide bonds. The molecule has 0 saturated heterocycles. The molecule has 1 N–H and O–H groups in total. The molecule has 1 aromatic rings. The third-order valence-electron chi connectivity index (χ3n) is 3.64. The molecular formula is C19H30FNO4S. The number of methoxy groups -OCH3 is 1. The van der Waals surface area contributed by atoms with Crippen LogP contribution in [0.15, 0.2) is 23.1 Å². The van der Waals surface area contributed by atoms with E-state index in [9.17, 15) is 17.6 Å². The standard InChI is InChI=1S/C14H18FNO2S.C3H6O2.C2H6/c1-16-14-12(10-6-4-3-5-7-10)8-11(15)9-13(14)19(2,17)18;1-3(4)5-2;1-2/h6,8-9,16H,3-5,7H2,1-2H3;1-2H3;1-2H3. The number of benzene rings is 1. The van der Waals surface area contributed by atoms with E-state index in [-0.39, 0.29) is 10.9 Å². The van der Waals surface area contributed by atoms with E-state index in [4.69, 9.17) is 0 Å². The fourth-order valence-corrected chi connectivity index (χ4v) is 3.38. The van der Waals surface area contributed by atoms with Crippen molar-refractivity contribution in [3.05, 3.63) is 29.6 Å².